The Kier molecular flexibility index (Phi) is 11.3. The van der Waals surface area contributed by atoms with Gasteiger partial charge in [-0.15, -0.1) is 0 Å². The second-order valence-electron chi connectivity index (χ2n) is 10.1. The third-order valence-electron chi connectivity index (χ3n) is 7.03. The van der Waals surface area contributed by atoms with Crippen molar-refractivity contribution in [1.82, 2.24) is 10.2 Å². The van der Waals surface area contributed by atoms with Crippen LogP contribution in [0.25, 0.3) is 0 Å². The van der Waals surface area contributed by atoms with E-state index in [4.69, 9.17) is 34.8 Å². The molecule has 1 atom stereocenters. The molecule has 1 unspecified atom stereocenters. The van der Waals surface area contributed by atoms with Crippen LogP contribution in [0.15, 0.2) is 102 Å². The van der Waals surface area contributed by atoms with Gasteiger partial charge in [0.2, 0.25) is 11.8 Å². The number of anilines is 1. The summed E-state index contributed by atoms with van der Waals surface area (Å²) in [6.07, 6.45) is 0.186. The lowest BCUT2D eigenvalue weighted by Gasteiger charge is -2.34. The molecule has 2 amide bonds. The van der Waals surface area contributed by atoms with Gasteiger partial charge >= 0.3 is 0 Å². The van der Waals surface area contributed by atoms with Crippen LogP contribution in [0.3, 0.4) is 0 Å². The highest BCUT2D eigenvalue weighted by Gasteiger charge is 2.35. The Morgan fingerprint density at radius 3 is 2.09 bits per heavy atom. The van der Waals surface area contributed by atoms with Crippen LogP contribution in [0, 0.1) is 6.92 Å². The molecule has 230 valence electrons. The largest absolute Gasteiger partial charge is 0.355 e. The van der Waals surface area contributed by atoms with Crippen molar-refractivity contribution in [1.29, 1.82) is 0 Å². The predicted octanol–water partition coefficient (Wildman–Crippen LogP) is 6.93. The molecule has 0 saturated carbocycles. The Morgan fingerprint density at radius 2 is 1.45 bits per heavy atom. The molecule has 0 aliphatic heterocycles. The molecule has 0 fully saturated rings. The molecule has 44 heavy (non-hydrogen) atoms. The number of aryl methyl sites for hydroxylation is 1. The van der Waals surface area contributed by atoms with Crippen LogP contribution >= 0.6 is 34.8 Å². The van der Waals surface area contributed by atoms with Crippen LogP contribution in [0.2, 0.25) is 15.1 Å². The number of sulfonamides is 1. The highest BCUT2D eigenvalue weighted by molar-refractivity contribution is 7.92. The van der Waals surface area contributed by atoms with Gasteiger partial charge in [-0.05, 0) is 66.9 Å². The molecule has 4 rings (SSSR count). The van der Waals surface area contributed by atoms with Crippen LogP contribution < -0.4 is 9.62 Å². The van der Waals surface area contributed by atoms with E-state index in [0.717, 1.165) is 9.87 Å². The first-order chi connectivity index (χ1) is 21.0. The number of carbonyl (C=O) groups excluding carboxylic acids is 2. The Hall–Kier alpha value is -3.56. The normalized spacial score (nSPS) is 11.9. The summed E-state index contributed by atoms with van der Waals surface area (Å²) in [5.74, 6) is -0.992. The molecule has 0 aliphatic rings. The van der Waals surface area contributed by atoms with Crippen LogP contribution in [0.4, 0.5) is 5.69 Å². The van der Waals surface area contributed by atoms with E-state index < -0.39 is 28.5 Å². The number of hydrogen-bond donors (Lipinski definition) is 1. The van der Waals surface area contributed by atoms with Crippen LogP contribution in [-0.4, -0.2) is 44.3 Å². The molecule has 1 N–H and O–H groups in total. The van der Waals surface area contributed by atoms with E-state index in [-0.39, 0.29) is 29.5 Å². The number of rotatable bonds is 12. The summed E-state index contributed by atoms with van der Waals surface area (Å²) in [6.45, 7) is 3.19. The average molecular weight is 673 g/mol. The Bertz CT molecular complexity index is 1720. The molecule has 7 nitrogen and oxygen atoms in total. The third kappa shape index (κ3) is 8.12. The van der Waals surface area contributed by atoms with Gasteiger partial charge in [-0.25, -0.2) is 8.42 Å². The van der Waals surface area contributed by atoms with Crippen LogP contribution in [0.5, 0.6) is 0 Å². The van der Waals surface area contributed by atoms with Crippen LogP contribution in [0.1, 0.15) is 23.6 Å². The zero-order valence-electron chi connectivity index (χ0n) is 24.2. The fourth-order valence-corrected chi connectivity index (χ4v) is 6.89. The summed E-state index contributed by atoms with van der Waals surface area (Å²) in [5, 5.41) is 3.86. The van der Waals surface area contributed by atoms with Crippen molar-refractivity contribution in [2.45, 2.75) is 37.8 Å². The average Bonchev–Trinajstić information content (AvgIpc) is 3.01. The van der Waals surface area contributed by atoms with Gasteiger partial charge in [-0.1, -0.05) is 95.5 Å². The summed E-state index contributed by atoms with van der Waals surface area (Å²) >= 11 is 19.0. The maximum Gasteiger partial charge on any atom is 0.264 e. The van der Waals surface area contributed by atoms with Crippen molar-refractivity contribution < 1.29 is 18.0 Å². The second kappa shape index (κ2) is 14.9. The van der Waals surface area contributed by atoms with Gasteiger partial charge in [-0.3, -0.25) is 13.9 Å². The Morgan fingerprint density at radius 1 is 0.841 bits per heavy atom. The van der Waals surface area contributed by atoms with Gasteiger partial charge in [0.05, 0.1) is 10.6 Å². The molecule has 11 heteroatoms. The number of nitrogens with zero attached hydrogens (tertiary/aromatic N) is 2. The van der Waals surface area contributed by atoms with Gasteiger partial charge in [0, 0.05) is 34.6 Å². The summed E-state index contributed by atoms with van der Waals surface area (Å²) < 4.78 is 29.2. The van der Waals surface area contributed by atoms with E-state index in [1.807, 2.05) is 30.3 Å². The molecule has 0 radical (unpaired) electrons. The van der Waals surface area contributed by atoms with E-state index >= 15 is 0 Å². The summed E-state index contributed by atoms with van der Waals surface area (Å²) in [6, 6.07) is 25.9. The Labute approximate surface area is 273 Å². The van der Waals surface area contributed by atoms with Crippen LogP contribution in [-0.2, 0) is 32.6 Å². The highest BCUT2D eigenvalue weighted by Crippen LogP contribution is 2.31. The van der Waals surface area contributed by atoms with Crippen molar-refractivity contribution >= 4 is 62.3 Å². The molecule has 0 aromatic heterocycles. The SMILES string of the molecule is CCNC(=O)C(Cc1ccccc1)N(Cc1ccc(Cl)cc1Cl)C(=O)CN(c1cc(Cl)ccc1C)S(=O)(=O)c1ccccc1. The maximum atomic E-state index is 14.5. The minimum Gasteiger partial charge on any atom is -0.355 e. The molecule has 4 aromatic carbocycles. The number of hydrogen-bond acceptors (Lipinski definition) is 4. The number of carbonyl (C=O) groups is 2. The summed E-state index contributed by atoms with van der Waals surface area (Å²) in [7, 11) is -4.24. The molecular weight excluding hydrogens is 641 g/mol. The van der Waals surface area contributed by atoms with Crippen molar-refractivity contribution in [2.75, 3.05) is 17.4 Å². The van der Waals surface area contributed by atoms with Crippen molar-refractivity contribution in [3.8, 4) is 0 Å². The van der Waals surface area contributed by atoms with Gasteiger partial charge in [0.25, 0.3) is 10.0 Å². The quantitative estimate of drug-likeness (QED) is 0.177. The zero-order valence-corrected chi connectivity index (χ0v) is 27.3. The number of likely N-dealkylation sites (N-methyl/N-ethyl adjacent to an activating group) is 1. The van der Waals surface area contributed by atoms with E-state index in [2.05, 4.69) is 5.32 Å². The predicted molar refractivity (Wildman–Crippen MR) is 177 cm³/mol. The van der Waals surface area contributed by atoms with E-state index in [9.17, 15) is 18.0 Å². The van der Waals surface area contributed by atoms with Gasteiger partial charge in [0.15, 0.2) is 0 Å². The fraction of sp³-hybridized carbons (Fsp3) is 0.212. The molecule has 0 saturated heterocycles. The lowest BCUT2D eigenvalue weighted by molar-refractivity contribution is -0.140. The van der Waals surface area contributed by atoms with Crippen molar-refractivity contribution in [3.05, 3.63) is 129 Å². The summed E-state index contributed by atoms with van der Waals surface area (Å²) in [5.41, 5.74) is 2.21. The molecule has 0 aliphatic carbocycles. The van der Waals surface area contributed by atoms with Crippen molar-refractivity contribution in [2.24, 2.45) is 0 Å². The van der Waals surface area contributed by atoms with E-state index in [0.29, 0.717) is 32.7 Å². The molecular formula is C33H32Cl3N3O4S. The lowest BCUT2D eigenvalue weighted by atomic mass is 10.0. The van der Waals surface area contributed by atoms with E-state index in [1.54, 1.807) is 62.4 Å². The minimum absolute atomic E-state index is 0.00373. The number of nitrogens with one attached hydrogen (secondary N) is 1. The van der Waals surface area contributed by atoms with Gasteiger partial charge < -0.3 is 10.2 Å². The number of benzene rings is 4. The highest BCUT2D eigenvalue weighted by atomic mass is 35.5. The third-order valence-corrected chi connectivity index (χ3v) is 9.62. The number of amides is 2. The first-order valence-corrected chi connectivity index (χ1v) is 16.5. The molecule has 4 aromatic rings. The molecule has 0 spiro atoms. The van der Waals surface area contributed by atoms with Crippen molar-refractivity contribution in [3.63, 3.8) is 0 Å². The smallest absolute Gasteiger partial charge is 0.264 e. The van der Waals surface area contributed by atoms with Gasteiger partial charge in [0.1, 0.15) is 12.6 Å². The number of halogens is 3. The Balaban J connectivity index is 1.84. The topological polar surface area (TPSA) is 86.8 Å². The first-order valence-electron chi connectivity index (χ1n) is 13.9. The fourth-order valence-electron chi connectivity index (χ4n) is 4.76. The van der Waals surface area contributed by atoms with E-state index in [1.165, 1.54) is 23.1 Å². The minimum atomic E-state index is -4.24. The summed E-state index contributed by atoms with van der Waals surface area (Å²) in [4.78, 5) is 29.4. The molecule has 0 heterocycles. The molecule has 0 bridgehead atoms. The maximum absolute atomic E-state index is 14.5. The zero-order chi connectivity index (χ0) is 31.9. The monoisotopic (exact) mass is 671 g/mol. The second-order valence-corrected chi connectivity index (χ2v) is 13.3. The first kappa shape index (κ1) is 33.3. The van der Waals surface area contributed by atoms with Gasteiger partial charge in [-0.2, -0.15) is 0 Å². The lowest BCUT2D eigenvalue weighted by Crippen LogP contribution is -2.53. The standard InChI is InChI=1S/C33H32Cl3N3O4S/c1-3-37-33(41)31(18-24-10-6-4-7-11-24)38(21-25-15-17-26(34)19-29(25)36)32(40)22-39(30-20-27(35)16-14-23(30)2)44(42,43)28-12-8-5-9-13-28/h4-17,19-20,31H,3,18,21-22H2,1-2H3,(H,37,41).